The zero-order chi connectivity index (χ0) is 12.7. The molecule has 2 heteroatoms. The molecule has 0 saturated carbocycles. The van der Waals surface area contributed by atoms with E-state index in [9.17, 15) is 4.39 Å². The molecule has 0 bridgehead atoms. The van der Waals surface area contributed by atoms with Crippen LogP contribution >= 0.6 is 0 Å². The minimum Gasteiger partial charge on any atom is -0.306 e. The van der Waals surface area contributed by atoms with Gasteiger partial charge in [-0.15, -0.1) is 12.3 Å². The topological polar surface area (TPSA) is 12.0 Å². The molecule has 0 radical (unpaired) electrons. The van der Waals surface area contributed by atoms with E-state index in [0.717, 1.165) is 24.8 Å². The van der Waals surface area contributed by atoms with Gasteiger partial charge in [0.15, 0.2) is 0 Å². The van der Waals surface area contributed by atoms with Crippen LogP contribution in [0.3, 0.4) is 0 Å². The molecular formula is C15H20FN. The second-order valence-corrected chi connectivity index (χ2v) is 4.19. The zero-order valence-corrected chi connectivity index (χ0v) is 10.5. The number of halogens is 1. The van der Waals surface area contributed by atoms with Crippen molar-refractivity contribution in [1.29, 1.82) is 0 Å². The highest BCUT2D eigenvalue weighted by atomic mass is 19.1. The third-order valence-corrected chi connectivity index (χ3v) is 2.97. The summed E-state index contributed by atoms with van der Waals surface area (Å²) < 4.78 is 12.9. The molecule has 0 saturated heterocycles. The van der Waals surface area contributed by atoms with Crippen molar-refractivity contribution in [1.82, 2.24) is 5.32 Å². The van der Waals surface area contributed by atoms with E-state index in [1.807, 2.05) is 12.1 Å². The summed E-state index contributed by atoms with van der Waals surface area (Å²) in [7, 11) is 0. The number of nitrogens with one attached hydrogen (secondary N) is 1. The van der Waals surface area contributed by atoms with Gasteiger partial charge >= 0.3 is 0 Å². The van der Waals surface area contributed by atoms with Crippen molar-refractivity contribution in [3.8, 4) is 12.3 Å². The summed E-state index contributed by atoms with van der Waals surface area (Å²) in [6.45, 7) is 4.23. The quantitative estimate of drug-likeness (QED) is 0.739. The summed E-state index contributed by atoms with van der Waals surface area (Å²) in [5.74, 6) is 2.49. The molecule has 92 valence electrons. The molecule has 0 fully saturated rings. The summed E-state index contributed by atoms with van der Waals surface area (Å²) in [6.07, 6.45) is 8.04. The van der Waals surface area contributed by atoms with Gasteiger partial charge in [0.25, 0.3) is 0 Å². The Morgan fingerprint density at radius 3 is 2.35 bits per heavy atom. The lowest BCUT2D eigenvalue weighted by Crippen LogP contribution is -2.31. The molecule has 2 atom stereocenters. The predicted molar refractivity (Wildman–Crippen MR) is 70.1 cm³/mol. The molecule has 17 heavy (non-hydrogen) atoms. The van der Waals surface area contributed by atoms with Gasteiger partial charge in [0.2, 0.25) is 0 Å². The van der Waals surface area contributed by atoms with Crippen LogP contribution in [0, 0.1) is 18.2 Å². The van der Waals surface area contributed by atoms with Crippen LogP contribution in [0.15, 0.2) is 24.3 Å². The van der Waals surface area contributed by atoms with E-state index >= 15 is 0 Å². The number of hydrogen-bond donors (Lipinski definition) is 1. The Morgan fingerprint density at radius 2 is 1.88 bits per heavy atom. The summed E-state index contributed by atoms with van der Waals surface area (Å²) in [4.78, 5) is 0. The van der Waals surface area contributed by atoms with Crippen molar-refractivity contribution >= 4 is 0 Å². The van der Waals surface area contributed by atoms with Crippen LogP contribution in [0.5, 0.6) is 0 Å². The lowest BCUT2D eigenvalue weighted by molar-refractivity contribution is 0.420. The van der Waals surface area contributed by atoms with Crippen molar-refractivity contribution in [3.05, 3.63) is 35.6 Å². The fourth-order valence-corrected chi connectivity index (χ4v) is 1.89. The first kappa shape index (κ1) is 13.7. The van der Waals surface area contributed by atoms with Crippen LogP contribution in [-0.2, 0) is 0 Å². The molecule has 0 heterocycles. The van der Waals surface area contributed by atoms with Gasteiger partial charge in [-0.2, -0.15) is 0 Å². The lowest BCUT2D eigenvalue weighted by atomic mass is 10.0. The number of hydrogen-bond acceptors (Lipinski definition) is 1. The Balaban J connectivity index is 2.71. The maximum Gasteiger partial charge on any atom is 0.123 e. The number of terminal acetylenes is 1. The summed E-state index contributed by atoms with van der Waals surface area (Å²) in [5, 5.41) is 3.53. The highest BCUT2D eigenvalue weighted by Crippen LogP contribution is 2.18. The van der Waals surface area contributed by atoms with E-state index in [0.29, 0.717) is 6.04 Å². The Hall–Kier alpha value is -1.33. The molecule has 0 spiro atoms. The molecule has 0 aliphatic carbocycles. The minimum atomic E-state index is -0.195. The molecule has 1 aromatic carbocycles. The van der Waals surface area contributed by atoms with Gasteiger partial charge in [-0.25, -0.2) is 4.39 Å². The van der Waals surface area contributed by atoms with Crippen LogP contribution in [-0.4, -0.2) is 6.04 Å². The maximum atomic E-state index is 12.9. The van der Waals surface area contributed by atoms with Crippen molar-refractivity contribution < 1.29 is 4.39 Å². The average molecular weight is 233 g/mol. The van der Waals surface area contributed by atoms with Gasteiger partial charge < -0.3 is 5.32 Å². The van der Waals surface area contributed by atoms with E-state index in [-0.39, 0.29) is 11.9 Å². The maximum absolute atomic E-state index is 12.9. The van der Waals surface area contributed by atoms with Gasteiger partial charge in [0, 0.05) is 18.5 Å². The van der Waals surface area contributed by atoms with Gasteiger partial charge in [0.1, 0.15) is 5.82 Å². The molecule has 1 nitrogen and oxygen atoms in total. The van der Waals surface area contributed by atoms with E-state index in [4.69, 9.17) is 6.42 Å². The van der Waals surface area contributed by atoms with Crippen LogP contribution < -0.4 is 5.32 Å². The first-order chi connectivity index (χ1) is 8.21. The fraction of sp³-hybridized carbons (Fsp3) is 0.467. The van der Waals surface area contributed by atoms with E-state index < -0.39 is 0 Å². The van der Waals surface area contributed by atoms with E-state index in [2.05, 4.69) is 25.1 Å². The van der Waals surface area contributed by atoms with Gasteiger partial charge in [0.05, 0.1) is 0 Å². The van der Waals surface area contributed by atoms with Crippen LogP contribution in [0.25, 0.3) is 0 Å². The highest BCUT2D eigenvalue weighted by Gasteiger charge is 2.13. The molecule has 1 rings (SSSR count). The Labute approximate surface area is 103 Å². The fourth-order valence-electron chi connectivity index (χ4n) is 1.89. The third-order valence-electron chi connectivity index (χ3n) is 2.97. The molecule has 0 aliphatic rings. The van der Waals surface area contributed by atoms with Crippen molar-refractivity contribution in [2.45, 2.75) is 45.2 Å². The Kier molecular flexibility index (Phi) is 5.72. The lowest BCUT2D eigenvalue weighted by Gasteiger charge is -2.23. The molecule has 0 amide bonds. The monoisotopic (exact) mass is 233 g/mol. The highest BCUT2D eigenvalue weighted by molar-refractivity contribution is 5.20. The standard InChI is InChI=1S/C15H20FN/c1-4-7-14(5-2)17-15(6-3)12-8-10-13(16)11-9-12/h1,8-11,14-15,17H,5-7H2,2-3H3. The second kappa shape index (κ2) is 7.09. The van der Waals surface area contributed by atoms with Crippen LogP contribution in [0.1, 0.15) is 44.7 Å². The zero-order valence-electron chi connectivity index (χ0n) is 10.5. The van der Waals surface area contributed by atoms with Crippen molar-refractivity contribution in [3.63, 3.8) is 0 Å². The smallest absolute Gasteiger partial charge is 0.123 e. The molecule has 2 unspecified atom stereocenters. The van der Waals surface area contributed by atoms with Crippen molar-refractivity contribution in [2.24, 2.45) is 0 Å². The largest absolute Gasteiger partial charge is 0.306 e. The average Bonchev–Trinajstić information content (AvgIpc) is 2.36. The second-order valence-electron chi connectivity index (χ2n) is 4.19. The molecular weight excluding hydrogens is 213 g/mol. The SMILES string of the molecule is C#CCC(CC)NC(CC)c1ccc(F)cc1. The minimum absolute atomic E-state index is 0.195. The first-order valence-electron chi connectivity index (χ1n) is 6.16. The molecule has 0 aliphatic heterocycles. The Bertz CT molecular complexity index is 364. The van der Waals surface area contributed by atoms with E-state index in [1.165, 1.54) is 12.1 Å². The molecule has 1 N–H and O–H groups in total. The predicted octanol–water partition coefficient (Wildman–Crippen LogP) is 3.67. The summed E-state index contributed by atoms with van der Waals surface area (Å²) in [6, 6.07) is 7.24. The van der Waals surface area contributed by atoms with Gasteiger partial charge in [-0.05, 0) is 30.5 Å². The van der Waals surface area contributed by atoms with Crippen LogP contribution in [0.2, 0.25) is 0 Å². The van der Waals surface area contributed by atoms with Gasteiger partial charge in [-0.1, -0.05) is 26.0 Å². The number of rotatable bonds is 6. The number of benzene rings is 1. The van der Waals surface area contributed by atoms with E-state index in [1.54, 1.807) is 0 Å². The third kappa shape index (κ3) is 4.20. The molecule has 1 aromatic rings. The van der Waals surface area contributed by atoms with Crippen LogP contribution in [0.4, 0.5) is 4.39 Å². The van der Waals surface area contributed by atoms with Gasteiger partial charge in [-0.3, -0.25) is 0 Å². The summed E-state index contributed by atoms with van der Waals surface area (Å²) in [5.41, 5.74) is 1.12. The summed E-state index contributed by atoms with van der Waals surface area (Å²) >= 11 is 0. The van der Waals surface area contributed by atoms with Crippen molar-refractivity contribution in [2.75, 3.05) is 0 Å². The normalized spacial score (nSPS) is 14.0. The Morgan fingerprint density at radius 1 is 1.24 bits per heavy atom. The molecule has 0 aromatic heterocycles. The first-order valence-corrected chi connectivity index (χ1v) is 6.16.